The Kier molecular flexibility index (Phi) is 12.6. The molecular weight excluding hydrogens is 464 g/mol. The Balaban J connectivity index is 2.08. The smallest absolute Gasteiger partial charge is 0.183 e. The molecule has 0 spiro atoms. The van der Waals surface area contributed by atoms with Crippen LogP contribution in [0.15, 0.2) is 86.0 Å². The van der Waals surface area contributed by atoms with Crippen molar-refractivity contribution < 1.29 is 13.6 Å². The van der Waals surface area contributed by atoms with Crippen molar-refractivity contribution in [2.75, 3.05) is 13.2 Å². The number of para-hydroxylation sites is 2. The zero-order valence-corrected chi connectivity index (χ0v) is 24.4. The fraction of sp³-hybridized carbons (Fsp3) is 0.467. The van der Waals surface area contributed by atoms with Crippen LogP contribution in [0.25, 0.3) is 0 Å². The third kappa shape index (κ3) is 10.6. The monoisotopic (exact) mass is 510 g/mol. The number of ether oxygens (including phenoxy) is 2. The van der Waals surface area contributed by atoms with Gasteiger partial charge in [0.25, 0.3) is 0 Å². The molecule has 0 aliphatic carbocycles. The Morgan fingerprint density at radius 3 is 1.43 bits per heavy atom. The van der Waals surface area contributed by atoms with Crippen LogP contribution < -0.4 is 9.47 Å². The van der Waals surface area contributed by atoms with Gasteiger partial charge in [-0.15, -0.1) is 13.2 Å². The van der Waals surface area contributed by atoms with Crippen LogP contribution in [-0.2, 0) is 4.12 Å². The SMILES string of the molecule is C=CCC(CCCOc1ccccc1)[Si](C)(O[Si](C)(C)C)C(CC=C)CCCOc1ccccc1. The van der Waals surface area contributed by atoms with Crippen LogP contribution in [0.3, 0.4) is 0 Å². The number of benzene rings is 2. The topological polar surface area (TPSA) is 27.7 Å². The van der Waals surface area contributed by atoms with Crippen molar-refractivity contribution in [3.8, 4) is 11.5 Å². The highest BCUT2D eigenvalue weighted by atomic mass is 28.4. The van der Waals surface area contributed by atoms with Gasteiger partial charge in [-0.25, -0.2) is 0 Å². The quantitative estimate of drug-likeness (QED) is 0.114. The molecule has 2 aromatic carbocycles. The Bertz CT molecular complexity index is 787. The Morgan fingerprint density at radius 2 is 1.09 bits per heavy atom. The molecule has 0 saturated carbocycles. The number of hydrogen-bond donors (Lipinski definition) is 0. The van der Waals surface area contributed by atoms with Gasteiger partial charge in [0, 0.05) is 0 Å². The van der Waals surface area contributed by atoms with E-state index in [0.717, 1.165) is 63.2 Å². The minimum atomic E-state index is -2.14. The molecule has 0 aliphatic rings. The first-order valence-electron chi connectivity index (χ1n) is 13.1. The summed E-state index contributed by atoms with van der Waals surface area (Å²) in [6.45, 7) is 19.1. The van der Waals surface area contributed by atoms with Crippen LogP contribution in [0.5, 0.6) is 11.5 Å². The third-order valence-electron chi connectivity index (χ3n) is 6.47. The molecule has 2 aromatic rings. The molecule has 2 rings (SSSR count). The summed E-state index contributed by atoms with van der Waals surface area (Å²) < 4.78 is 19.2. The molecule has 0 aromatic heterocycles. The van der Waals surface area contributed by atoms with Crippen molar-refractivity contribution in [1.82, 2.24) is 0 Å². The van der Waals surface area contributed by atoms with E-state index in [2.05, 4.69) is 51.5 Å². The van der Waals surface area contributed by atoms with Gasteiger partial charge in [-0.3, -0.25) is 0 Å². The standard InChI is InChI=1S/C30H46O3Si2/c1-7-17-29(23-15-25-31-27-19-11-9-12-20-27)35(6,33-34(3,4)5)30(18-8-2)24-16-26-32-28-21-13-10-14-22-28/h7-14,19-22,29-30H,1-2,15-18,23-26H2,3-6H3. The maximum atomic E-state index is 7.19. The van der Waals surface area contributed by atoms with Gasteiger partial charge in [0.05, 0.1) is 13.2 Å². The summed E-state index contributed by atoms with van der Waals surface area (Å²) in [6.07, 6.45) is 10.4. The summed E-state index contributed by atoms with van der Waals surface area (Å²) in [5.41, 5.74) is 1.01. The fourth-order valence-corrected chi connectivity index (χ4v) is 15.0. The van der Waals surface area contributed by atoms with Crippen LogP contribution in [0, 0.1) is 0 Å². The van der Waals surface area contributed by atoms with Crippen molar-refractivity contribution in [3.63, 3.8) is 0 Å². The molecule has 5 heteroatoms. The molecule has 0 N–H and O–H groups in total. The molecular formula is C30H46O3Si2. The molecule has 0 fully saturated rings. The van der Waals surface area contributed by atoms with Gasteiger partial charge in [0.15, 0.2) is 16.6 Å². The van der Waals surface area contributed by atoms with E-state index in [1.807, 2.05) is 60.7 Å². The lowest BCUT2D eigenvalue weighted by atomic mass is 10.1. The summed E-state index contributed by atoms with van der Waals surface area (Å²) >= 11 is 0. The Hall–Kier alpha value is -2.09. The zero-order chi connectivity index (χ0) is 25.6. The predicted molar refractivity (Wildman–Crippen MR) is 156 cm³/mol. The van der Waals surface area contributed by atoms with Crippen LogP contribution >= 0.6 is 0 Å². The summed E-state index contributed by atoms with van der Waals surface area (Å²) in [6, 6.07) is 20.2. The molecule has 0 radical (unpaired) electrons. The van der Waals surface area contributed by atoms with Gasteiger partial charge >= 0.3 is 0 Å². The molecule has 0 saturated heterocycles. The van der Waals surface area contributed by atoms with E-state index >= 15 is 0 Å². The molecule has 0 aliphatic heterocycles. The molecule has 2 unspecified atom stereocenters. The van der Waals surface area contributed by atoms with Gasteiger partial charge in [-0.05, 0) is 100 Å². The third-order valence-corrected chi connectivity index (χ3v) is 15.0. The largest absolute Gasteiger partial charge is 0.494 e. The first kappa shape index (κ1) is 29.1. The van der Waals surface area contributed by atoms with Gasteiger partial charge in [-0.1, -0.05) is 48.6 Å². The lowest BCUT2D eigenvalue weighted by molar-refractivity contribution is 0.298. The van der Waals surface area contributed by atoms with E-state index in [1.54, 1.807) is 0 Å². The molecule has 3 nitrogen and oxygen atoms in total. The van der Waals surface area contributed by atoms with Crippen molar-refractivity contribution in [1.29, 1.82) is 0 Å². The molecule has 35 heavy (non-hydrogen) atoms. The molecule has 2 atom stereocenters. The average Bonchev–Trinajstić information content (AvgIpc) is 2.83. The lowest BCUT2D eigenvalue weighted by Crippen LogP contribution is -2.51. The molecule has 0 amide bonds. The van der Waals surface area contributed by atoms with E-state index in [4.69, 9.17) is 13.6 Å². The van der Waals surface area contributed by atoms with Crippen LogP contribution in [0.1, 0.15) is 38.5 Å². The fourth-order valence-electron chi connectivity index (χ4n) is 4.91. The highest BCUT2D eigenvalue weighted by Crippen LogP contribution is 2.45. The van der Waals surface area contributed by atoms with Crippen molar-refractivity contribution in [2.45, 2.75) is 75.8 Å². The predicted octanol–water partition coefficient (Wildman–Crippen LogP) is 9.02. The maximum Gasteiger partial charge on any atom is 0.183 e. The van der Waals surface area contributed by atoms with E-state index in [1.165, 1.54) is 0 Å². The highest BCUT2D eigenvalue weighted by molar-refractivity contribution is 6.86. The van der Waals surface area contributed by atoms with Crippen LogP contribution in [0.2, 0.25) is 37.3 Å². The first-order chi connectivity index (χ1) is 16.8. The molecule has 192 valence electrons. The summed E-state index contributed by atoms with van der Waals surface area (Å²) in [5, 5.41) is 0. The highest BCUT2D eigenvalue weighted by Gasteiger charge is 2.46. The van der Waals surface area contributed by atoms with E-state index in [9.17, 15) is 0 Å². The van der Waals surface area contributed by atoms with E-state index in [-0.39, 0.29) is 0 Å². The summed E-state index contributed by atoms with van der Waals surface area (Å²) in [7, 11) is -3.88. The normalized spacial score (nSPS) is 15.0. The summed E-state index contributed by atoms with van der Waals surface area (Å²) in [5.74, 6) is 1.88. The first-order valence-corrected chi connectivity index (χ1v) is 19.0. The van der Waals surface area contributed by atoms with Crippen LogP contribution in [0.4, 0.5) is 0 Å². The maximum absolute atomic E-state index is 7.19. The number of hydrogen-bond acceptors (Lipinski definition) is 3. The lowest BCUT2D eigenvalue weighted by Gasteiger charge is -2.45. The average molecular weight is 511 g/mol. The molecule has 0 bridgehead atoms. The molecule has 0 heterocycles. The number of rotatable bonds is 18. The second-order valence-corrected chi connectivity index (χ2v) is 19.5. The minimum absolute atomic E-state index is 0.506. The van der Waals surface area contributed by atoms with Crippen molar-refractivity contribution in [3.05, 3.63) is 86.0 Å². The second-order valence-electron chi connectivity index (χ2n) is 10.4. The van der Waals surface area contributed by atoms with Crippen molar-refractivity contribution >= 4 is 16.6 Å². The van der Waals surface area contributed by atoms with Gasteiger partial charge in [0.2, 0.25) is 0 Å². The van der Waals surface area contributed by atoms with E-state index in [0.29, 0.717) is 11.1 Å². The minimum Gasteiger partial charge on any atom is -0.494 e. The zero-order valence-electron chi connectivity index (χ0n) is 22.4. The van der Waals surface area contributed by atoms with Gasteiger partial charge in [-0.2, -0.15) is 0 Å². The Labute approximate surface area is 216 Å². The Morgan fingerprint density at radius 1 is 0.686 bits per heavy atom. The van der Waals surface area contributed by atoms with E-state index < -0.39 is 16.6 Å². The summed E-state index contributed by atoms with van der Waals surface area (Å²) in [4.78, 5) is 0. The van der Waals surface area contributed by atoms with Crippen LogP contribution in [-0.4, -0.2) is 29.8 Å². The van der Waals surface area contributed by atoms with Gasteiger partial charge < -0.3 is 13.6 Å². The second kappa shape index (κ2) is 15.1. The number of allylic oxidation sites excluding steroid dienone is 2. The van der Waals surface area contributed by atoms with Gasteiger partial charge in [0.1, 0.15) is 11.5 Å². The van der Waals surface area contributed by atoms with Crippen molar-refractivity contribution in [2.24, 2.45) is 0 Å².